The van der Waals surface area contributed by atoms with E-state index in [-0.39, 0.29) is 11.9 Å². The van der Waals surface area contributed by atoms with Gasteiger partial charge < -0.3 is 10.1 Å². The molecule has 0 radical (unpaired) electrons. The molecule has 0 saturated carbocycles. The van der Waals surface area contributed by atoms with Crippen LogP contribution in [0, 0.1) is 12.7 Å². The molecular formula is C17H19BrFNO. The molecule has 4 heteroatoms. The minimum Gasteiger partial charge on any atom is -0.457 e. The molecule has 0 bridgehead atoms. The lowest BCUT2D eigenvalue weighted by Gasteiger charge is -2.16. The fourth-order valence-corrected chi connectivity index (χ4v) is 2.89. The number of ether oxygens (including phenoxy) is 1. The number of benzene rings is 2. The van der Waals surface area contributed by atoms with Crippen LogP contribution in [0.25, 0.3) is 0 Å². The van der Waals surface area contributed by atoms with Gasteiger partial charge in [0, 0.05) is 10.5 Å². The van der Waals surface area contributed by atoms with Crippen LogP contribution in [-0.4, -0.2) is 6.54 Å². The molecule has 1 unspecified atom stereocenters. The third-order valence-electron chi connectivity index (χ3n) is 3.31. The van der Waals surface area contributed by atoms with Gasteiger partial charge in [0.1, 0.15) is 17.3 Å². The van der Waals surface area contributed by atoms with Crippen molar-refractivity contribution in [3.8, 4) is 11.5 Å². The maximum absolute atomic E-state index is 13.1. The van der Waals surface area contributed by atoms with Crippen LogP contribution in [0.5, 0.6) is 11.5 Å². The van der Waals surface area contributed by atoms with Crippen molar-refractivity contribution in [3.05, 3.63) is 57.8 Å². The molecule has 0 saturated heterocycles. The normalized spacial score (nSPS) is 12.2. The minimum atomic E-state index is -0.254. The van der Waals surface area contributed by atoms with Crippen LogP contribution in [0.1, 0.15) is 31.0 Å². The van der Waals surface area contributed by atoms with E-state index in [2.05, 4.69) is 35.1 Å². The monoisotopic (exact) mass is 351 g/mol. The Hall–Kier alpha value is -1.39. The van der Waals surface area contributed by atoms with Crippen molar-refractivity contribution < 1.29 is 9.13 Å². The lowest BCUT2D eigenvalue weighted by molar-refractivity contribution is 0.475. The molecule has 0 aromatic heterocycles. The van der Waals surface area contributed by atoms with Crippen LogP contribution in [0.15, 0.2) is 40.9 Å². The second-order valence-electron chi connectivity index (χ2n) is 4.97. The summed E-state index contributed by atoms with van der Waals surface area (Å²) < 4.78 is 19.9. The topological polar surface area (TPSA) is 21.3 Å². The van der Waals surface area contributed by atoms with E-state index in [0.717, 1.165) is 22.3 Å². The smallest absolute Gasteiger partial charge is 0.130 e. The maximum atomic E-state index is 13.1. The Labute approximate surface area is 133 Å². The highest BCUT2D eigenvalue weighted by Gasteiger charge is 2.10. The first-order chi connectivity index (χ1) is 10.0. The predicted octanol–water partition coefficient (Wildman–Crippen LogP) is 5.36. The van der Waals surface area contributed by atoms with E-state index in [4.69, 9.17) is 4.74 Å². The van der Waals surface area contributed by atoms with E-state index in [9.17, 15) is 4.39 Å². The zero-order valence-corrected chi connectivity index (χ0v) is 14.0. The minimum absolute atomic E-state index is 0.254. The van der Waals surface area contributed by atoms with Crippen LogP contribution >= 0.6 is 15.9 Å². The summed E-state index contributed by atoms with van der Waals surface area (Å²) in [5, 5.41) is 3.37. The highest BCUT2D eigenvalue weighted by atomic mass is 79.9. The fourth-order valence-electron chi connectivity index (χ4n) is 2.19. The standard InChI is InChI=1S/C17H19BrFNO/c1-4-20-12(3)15-7-6-14(10-16(15)18)21-17-8-5-13(19)9-11(17)2/h5-10,12,20H,4H2,1-3H3. The number of halogens is 2. The van der Waals surface area contributed by atoms with Gasteiger partial charge in [0.05, 0.1) is 0 Å². The summed E-state index contributed by atoms with van der Waals surface area (Å²) in [4.78, 5) is 0. The maximum Gasteiger partial charge on any atom is 0.130 e. The van der Waals surface area contributed by atoms with Crippen LogP contribution in [-0.2, 0) is 0 Å². The first kappa shape index (κ1) is 16.0. The Morgan fingerprint density at radius 1 is 1.24 bits per heavy atom. The van der Waals surface area contributed by atoms with Gasteiger partial charge in [0.25, 0.3) is 0 Å². The van der Waals surface area contributed by atoms with Crippen LogP contribution in [0.2, 0.25) is 0 Å². The Bertz CT molecular complexity index is 630. The Morgan fingerprint density at radius 3 is 2.62 bits per heavy atom. The van der Waals surface area contributed by atoms with Gasteiger partial charge in [-0.25, -0.2) is 4.39 Å². The number of nitrogens with one attached hydrogen (secondary N) is 1. The van der Waals surface area contributed by atoms with E-state index in [1.54, 1.807) is 6.07 Å². The number of rotatable bonds is 5. The lowest BCUT2D eigenvalue weighted by Crippen LogP contribution is -2.17. The lowest BCUT2D eigenvalue weighted by atomic mass is 10.1. The zero-order valence-electron chi connectivity index (χ0n) is 12.4. The largest absolute Gasteiger partial charge is 0.457 e. The molecule has 2 rings (SSSR count). The molecule has 0 spiro atoms. The van der Waals surface area contributed by atoms with Crippen LogP contribution < -0.4 is 10.1 Å². The molecule has 0 amide bonds. The van der Waals surface area contributed by atoms with Gasteiger partial charge in [-0.15, -0.1) is 0 Å². The fraction of sp³-hybridized carbons (Fsp3) is 0.294. The summed E-state index contributed by atoms with van der Waals surface area (Å²) in [5.74, 6) is 1.13. The van der Waals surface area contributed by atoms with Crippen LogP contribution in [0.4, 0.5) is 4.39 Å². The quantitative estimate of drug-likeness (QED) is 0.782. The van der Waals surface area contributed by atoms with Crippen molar-refractivity contribution >= 4 is 15.9 Å². The van der Waals surface area contributed by atoms with Gasteiger partial charge in [-0.3, -0.25) is 0 Å². The van der Waals surface area contributed by atoms with E-state index in [0.29, 0.717) is 5.75 Å². The average molecular weight is 352 g/mol. The Kier molecular flexibility index (Phi) is 5.37. The molecule has 0 fully saturated rings. The summed E-state index contributed by atoms with van der Waals surface area (Å²) in [6.07, 6.45) is 0. The van der Waals surface area contributed by atoms with Gasteiger partial charge >= 0.3 is 0 Å². The zero-order chi connectivity index (χ0) is 15.4. The predicted molar refractivity (Wildman–Crippen MR) is 87.4 cm³/mol. The average Bonchev–Trinajstić information content (AvgIpc) is 2.42. The summed E-state index contributed by atoms with van der Waals surface area (Å²) in [6.45, 7) is 6.95. The van der Waals surface area contributed by atoms with E-state index in [1.165, 1.54) is 17.7 Å². The van der Waals surface area contributed by atoms with Crippen molar-refractivity contribution in [2.45, 2.75) is 26.8 Å². The molecule has 2 nitrogen and oxygen atoms in total. The molecule has 0 aliphatic heterocycles. The SMILES string of the molecule is CCNC(C)c1ccc(Oc2ccc(F)cc2C)cc1Br. The van der Waals surface area contributed by atoms with Gasteiger partial charge in [-0.1, -0.05) is 28.9 Å². The van der Waals surface area contributed by atoms with E-state index >= 15 is 0 Å². The van der Waals surface area contributed by atoms with E-state index in [1.807, 2.05) is 25.1 Å². The molecule has 2 aromatic rings. The van der Waals surface area contributed by atoms with Gasteiger partial charge in [-0.2, -0.15) is 0 Å². The molecular weight excluding hydrogens is 333 g/mol. The van der Waals surface area contributed by atoms with Crippen molar-refractivity contribution in [1.29, 1.82) is 0 Å². The van der Waals surface area contributed by atoms with Gasteiger partial charge in [-0.05, 0) is 61.9 Å². The number of hydrogen-bond acceptors (Lipinski definition) is 2. The molecule has 0 aliphatic rings. The number of hydrogen-bond donors (Lipinski definition) is 1. The molecule has 0 aliphatic carbocycles. The molecule has 1 N–H and O–H groups in total. The van der Waals surface area contributed by atoms with Crippen molar-refractivity contribution in [1.82, 2.24) is 5.32 Å². The second kappa shape index (κ2) is 7.05. The molecule has 0 heterocycles. The molecule has 2 aromatic carbocycles. The third kappa shape index (κ3) is 4.05. The molecule has 21 heavy (non-hydrogen) atoms. The van der Waals surface area contributed by atoms with E-state index < -0.39 is 0 Å². The van der Waals surface area contributed by atoms with Gasteiger partial charge in [0.15, 0.2) is 0 Å². The van der Waals surface area contributed by atoms with Crippen molar-refractivity contribution in [2.75, 3.05) is 6.54 Å². The summed E-state index contributed by atoms with van der Waals surface area (Å²) in [5.41, 5.74) is 1.95. The summed E-state index contributed by atoms with van der Waals surface area (Å²) in [7, 11) is 0. The Morgan fingerprint density at radius 2 is 2.00 bits per heavy atom. The van der Waals surface area contributed by atoms with Crippen LogP contribution in [0.3, 0.4) is 0 Å². The highest BCUT2D eigenvalue weighted by Crippen LogP contribution is 2.31. The summed E-state index contributed by atoms with van der Waals surface area (Å²) >= 11 is 3.58. The number of aryl methyl sites for hydroxylation is 1. The van der Waals surface area contributed by atoms with Gasteiger partial charge in [0.2, 0.25) is 0 Å². The van der Waals surface area contributed by atoms with Crippen molar-refractivity contribution in [2.24, 2.45) is 0 Å². The first-order valence-corrected chi connectivity index (χ1v) is 7.77. The molecule has 112 valence electrons. The molecule has 1 atom stereocenters. The Balaban J connectivity index is 2.20. The summed E-state index contributed by atoms with van der Waals surface area (Å²) in [6, 6.07) is 10.7. The van der Waals surface area contributed by atoms with Crippen molar-refractivity contribution in [3.63, 3.8) is 0 Å². The first-order valence-electron chi connectivity index (χ1n) is 6.98. The highest BCUT2D eigenvalue weighted by molar-refractivity contribution is 9.10. The third-order valence-corrected chi connectivity index (χ3v) is 4.00. The second-order valence-corrected chi connectivity index (χ2v) is 5.83.